The molecule has 1 atom stereocenters. The third-order valence-electron chi connectivity index (χ3n) is 4.26. The Kier molecular flexibility index (Phi) is 5.57. The molecule has 0 aliphatic rings. The number of fused-ring (bicyclic) bond motifs is 1. The Morgan fingerprint density at radius 3 is 2.54 bits per heavy atom. The van der Waals surface area contributed by atoms with Gasteiger partial charge in [0.15, 0.2) is 10.9 Å². The number of rotatable bonds is 6. The van der Waals surface area contributed by atoms with E-state index in [0.29, 0.717) is 28.2 Å². The number of thioether (sulfide) groups is 1. The van der Waals surface area contributed by atoms with Crippen LogP contribution < -0.4 is 5.56 Å². The second kappa shape index (κ2) is 7.87. The van der Waals surface area contributed by atoms with Gasteiger partial charge in [0.1, 0.15) is 0 Å². The SMILES string of the molecule is CCCn1c(SC(C)C(=O)c2ccc(C)cc2)nc2ccccc2c1=O. The third-order valence-corrected chi connectivity index (χ3v) is 5.35. The lowest BCUT2D eigenvalue weighted by molar-refractivity contribution is 0.0994. The highest BCUT2D eigenvalue weighted by molar-refractivity contribution is 8.00. The van der Waals surface area contributed by atoms with Crippen molar-refractivity contribution >= 4 is 28.4 Å². The Morgan fingerprint density at radius 2 is 1.85 bits per heavy atom. The molecule has 0 saturated heterocycles. The van der Waals surface area contributed by atoms with Gasteiger partial charge in [-0.25, -0.2) is 4.98 Å². The Bertz CT molecular complexity index is 993. The molecule has 0 bridgehead atoms. The molecule has 26 heavy (non-hydrogen) atoms. The second-order valence-electron chi connectivity index (χ2n) is 6.36. The van der Waals surface area contributed by atoms with Crippen molar-refractivity contribution in [3.63, 3.8) is 0 Å². The van der Waals surface area contributed by atoms with Gasteiger partial charge in [0.25, 0.3) is 5.56 Å². The van der Waals surface area contributed by atoms with Gasteiger partial charge in [0.05, 0.1) is 16.2 Å². The van der Waals surface area contributed by atoms with E-state index in [-0.39, 0.29) is 16.6 Å². The number of Topliss-reactive ketones (excluding diaryl/α,β-unsaturated/α-hetero) is 1. The Hall–Kier alpha value is -2.40. The van der Waals surface area contributed by atoms with Crippen LogP contribution >= 0.6 is 11.8 Å². The lowest BCUT2D eigenvalue weighted by Gasteiger charge is -2.15. The van der Waals surface area contributed by atoms with Crippen LogP contribution in [0.3, 0.4) is 0 Å². The van der Waals surface area contributed by atoms with Gasteiger partial charge in [-0.15, -0.1) is 0 Å². The minimum Gasteiger partial charge on any atom is -0.293 e. The van der Waals surface area contributed by atoms with Crippen LogP contribution in [0.2, 0.25) is 0 Å². The van der Waals surface area contributed by atoms with Crippen molar-refractivity contribution in [1.29, 1.82) is 0 Å². The van der Waals surface area contributed by atoms with E-state index in [2.05, 4.69) is 4.98 Å². The Balaban J connectivity index is 1.96. The molecule has 3 aromatic rings. The fourth-order valence-corrected chi connectivity index (χ4v) is 3.83. The summed E-state index contributed by atoms with van der Waals surface area (Å²) in [5, 5.41) is 0.889. The number of ketones is 1. The van der Waals surface area contributed by atoms with E-state index in [1.807, 2.05) is 63.2 Å². The second-order valence-corrected chi connectivity index (χ2v) is 7.67. The standard InChI is InChI=1S/C21H22N2O2S/c1-4-13-23-20(25)17-7-5-6-8-18(17)22-21(23)26-15(3)19(24)16-11-9-14(2)10-12-16/h5-12,15H,4,13H2,1-3H3. The van der Waals surface area contributed by atoms with Crippen molar-refractivity contribution in [2.75, 3.05) is 0 Å². The molecule has 1 unspecified atom stereocenters. The average molecular weight is 366 g/mol. The number of hydrogen-bond donors (Lipinski definition) is 0. The van der Waals surface area contributed by atoms with Crippen LogP contribution in [-0.2, 0) is 6.54 Å². The van der Waals surface area contributed by atoms with Gasteiger partial charge in [-0.1, -0.05) is 60.6 Å². The van der Waals surface area contributed by atoms with Crippen LogP contribution in [0.15, 0.2) is 58.5 Å². The Morgan fingerprint density at radius 1 is 1.15 bits per heavy atom. The van der Waals surface area contributed by atoms with Crippen molar-refractivity contribution in [2.24, 2.45) is 0 Å². The largest absolute Gasteiger partial charge is 0.293 e. The predicted octanol–water partition coefficient (Wildman–Crippen LogP) is 4.48. The molecular formula is C21H22N2O2S. The van der Waals surface area contributed by atoms with Crippen LogP contribution in [-0.4, -0.2) is 20.6 Å². The first-order chi connectivity index (χ1) is 12.5. The number of benzene rings is 2. The highest BCUT2D eigenvalue weighted by Gasteiger charge is 2.20. The molecule has 4 nitrogen and oxygen atoms in total. The van der Waals surface area contributed by atoms with Gasteiger partial charge in [0, 0.05) is 12.1 Å². The number of aromatic nitrogens is 2. The van der Waals surface area contributed by atoms with E-state index in [1.54, 1.807) is 10.6 Å². The van der Waals surface area contributed by atoms with Crippen LogP contribution in [0.1, 0.15) is 36.2 Å². The zero-order valence-corrected chi connectivity index (χ0v) is 16.0. The van der Waals surface area contributed by atoms with Crippen LogP contribution in [0.4, 0.5) is 0 Å². The zero-order valence-electron chi connectivity index (χ0n) is 15.2. The van der Waals surface area contributed by atoms with E-state index in [0.717, 1.165) is 12.0 Å². The van der Waals surface area contributed by atoms with Gasteiger partial charge in [-0.3, -0.25) is 14.2 Å². The molecule has 1 heterocycles. The lowest BCUT2D eigenvalue weighted by Crippen LogP contribution is -2.25. The van der Waals surface area contributed by atoms with Gasteiger partial charge in [-0.2, -0.15) is 0 Å². The zero-order chi connectivity index (χ0) is 18.7. The van der Waals surface area contributed by atoms with E-state index in [9.17, 15) is 9.59 Å². The van der Waals surface area contributed by atoms with Crippen molar-refractivity contribution in [3.8, 4) is 0 Å². The average Bonchev–Trinajstić information content (AvgIpc) is 2.65. The number of nitrogens with zero attached hydrogens (tertiary/aromatic N) is 2. The summed E-state index contributed by atoms with van der Waals surface area (Å²) in [5.74, 6) is 0.0421. The van der Waals surface area contributed by atoms with E-state index < -0.39 is 0 Å². The topological polar surface area (TPSA) is 52.0 Å². The number of carbonyl (C=O) groups is 1. The predicted molar refractivity (Wildman–Crippen MR) is 107 cm³/mol. The number of para-hydroxylation sites is 1. The monoisotopic (exact) mass is 366 g/mol. The quantitative estimate of drug-likeness (QED) is 0.367. The minimum atomic E-state index is -0.325. The fraction of sp³-hybridized carbons (Fsp3) is 0.286. The summed E-state index contributed by atoms with van der Waals surface area (Å²) in [4.78, 5) is 30.2. The molecule has 5 heteroatoms. The molecule has 0 aliphatic heterocycles. The fourth-order valence-electron chi connectivity index (χ4n) is 2.82. The molecule has 0 aliphatic carbocycles. The molecule has 0 radical (unpaired) electrons. The summed E-state index contributed by atoms with van der Waals surface area (Å²) in [6.45, 7) is 6.47. The van der Waals surface area contributed by atoms with E-state index in [4.69, 9.17) is 0 Å². The molecule has 0 fully saturated rings. The van der Waals surface area contributed by atoms with Crippen LogP contribution in [0.5, 0.6) is 0 Å². The minimum absolute atomic E-state index is 0.0421. The maximum absolute atomic E-state index is 12.8. The smallest absolute Gasteiger partial charge is 0.262 e. The van der Waals surface area contributed by atoms with Crippen molar-refractivity contribution < 1.29 is 4.79 Å². The molecule has 0 saturated carbocycles. The van der Waals surface area contributed by atoms with Crippen molar-refractivity contribution in [2.45, 2.75) is 44.1 Å². The number of hydrogen-bond acceptors (Lipinski definition) is 4. The van der Waals surface area contributed by atoms with Gasteiger partial charge in [-0.05, 0) is 32.4 Å². The summed E-state index contributed by atoms with van der Waals surface area (Å²) in [6, 6.07) is 14.9. The highest BCUT2D eigenvalue weighted by Crippen LogP contribution is 2.25. The molecule has 0 N–H and O–H groups in total. The lowest BCUT2D eigenvalue weighted by atomic mass is 10.1. The van der Waals surface area contributed by atoms with Crippen molar-refractivity contribution in [1.82, 2.24) is 9.55 Å². The maximum atomic E-state index is 12.8. The first kappa shape index (κ1) is 18.4. The van der Waals surface area contributed by atoms with Crippen LogP contribution in [0.25, 0.3) is 10.9 Å². The maximum Gasteiger partial charge on any atom is 0.262 e. The molecule has 2 aromatic carbocycles. The van der Waals surface area contributed by atoms with Gasteiger partial charge >= 0.3 is 0 Å². The van der Waals surface area contributed by atoms with Crippen LogP contribution in [0, 0.1) is 6.92 Å². The van der Waals surface area contributed by atoms with Crippen molar-refractivity contribution in [3.05, 3.63) is 70.0 Å². The molecule has 1 aromatic heterocycles. The number of carbonyl (C=O) groups excluding carboxylic acids is 1. The summed E-state index contributed by atoms with van der Waals surface area (Å²) < 4.78 is 1.69. The molecule has 0 amide bonds. The summed E-state index contributed by atoms with van der Waals surface area (Å²) >= 11 is 1.35. The Labute approximate surface area is 157 Å². The summed E-state index contributed by atoms with van der Waals surface area (Å²) in [7, 11) is 0. The summed E-state index contributed by atoms with van der Waals surface area (Å²) in [5.41, 5.74) is 2.42. The summed E-state index contributed by atoms with van der Waals surface area (Å²) in [6.07, 6.45) is 0.827. The first-order valence-corrected chi connectivity index (χ1v) is 9.66. The molecule has 0 spiro atoms. The highest BCUT2D eigenvalue weighted by atomic mass is 32.2. The molecule has 134 valence electrons. The molecular weight excluding hydrogens is 344 g/mol. The number of aryl methyl sites for hydroxylation is 1. The van der Waals surface area contributed by atoms with Gasteiger partial charge < -0.3 is 0 Å². The van der Waals surface area contributed by atoms with Gasteiger partial charge in [0.2, 0.25) is 0 Å². The first-order valence-electron chi connectivity index (χ1n) is 8.78. The normalized spacial score (nSPS) is 12.3. The third kappa shape index (κ3) is 3.73. The van der Waals surface area contributed by atoms with E-state index in [1.165, 1.54) is 11.8 Å². The molecule has 3 rings (SSSR count). The van der Waals surface area contributed by atoms with E-state index >= 15 is 0 Å².